The van der Waals surface area contributed by atoms with Crippen molar-refractivity contribution in [2.24, 2.45) is 5.92 Å². The second-order valence-corrected chi connectivity index (χ2v) is 6.59. The van der Waals surface area contributed by atoms with Gasteiger partial charge in [-0.25, -0.2) is 0 Å². The lowest BCUT2D eigenvalue weighted by molar-refractivity contribution is -0.138. The van der Waals surface area contributed by atoms with Gasteiger partial charge in [0.25, 0.3) is 0 Å². The summed E-state index contributed by atoms with van der Waals surface area (Å²) in [6.45, 7) is 2.58. The van der Waals surface area contributed by atoms with Crippen LogP contribution in [0.1, 0.15) is 43.4 Å². The number of alkyl halides is 3. The van der Waals surface area contributed by atoms with E-state index in [0.717, 1.165) is 36.8 Å². The highest BCUT2D eigenvalue weighted by Crippen LogP contribution is 2.37. The number of hydrogen-bond acceptors (Lipinski definition) is 3. The molecule has 1 saturated heterocycles. The number of nitrogens with one attached hydrogen (secondary N) is 1. The minimum absolute atomic E-state index is 0.270. The fraction of sp³-hybridized carbons (Fsp3) is 0.667. The van der Waals surface area contributed by atoms with E-state index in [1.807, 2.05) is 18.7 Å². The average molecular weight is 318 g/mol. The van der Waals surface area contributed by atoms with E-state index in [9.17, 15) is 13.2 Å². The van der Waals surface area contributed by atoms with E-state index in [1.54, 1.807) is 0 Å². The highest BCUT2D eigenvalue weighted by atomic mass is 32.2. The molecule has 21 heavy (non-hydrogen) atoms. The van der Waals surface area contributed by atoms with Crippen LogP contribution >= 0.6 is 11.8 Å². The average Bonchev–Trinajstić information content (AvgIpc) is 2.47. The first-order valence-electron chi connectivity index (χ1n) is 7.34. The Morgan fingerprint density at radius 2 is 2.10 bits per heavy atom. The Hall–Kier alpha value is -0.750. The van der Waals surface area contributed by atoms with Gasteiger partial charge < -0.3 is 5.32 Å². The Morgan fingerprint density at radius 1 is 1.38 bits per heavy atom. The number of pyridine rings is 1. The summed E-state index contributed by atoms with van der Waals surface area (Å²) in [5.41, 5.74) is -0.279. The van der Waals surface area contributed by atoms with Gasteiger partial charge in [0.15, 0.2) is 0 Å². The van der Waals surface area contributed by atoms with E-state index >= 15 is 0 Å². The van der Waals surface area contributed by atoms with Crippen molar-refractivity contribution >= 4 is 11.8 Å². The van der Waals surface area contributed by atoms with Gasteiger partial charge in [-0.05, 0) is 54.9 Å². The van der Waals surface area contributed by atoms with E-state index in [4.69, 9.17) is 0 Å². The zero-order valence-electron chi connectivity index (χ0n) is 12.1. The molecule has 2 nitrogen and oxygen atoms in total. The van der Waals surface area contributed by atoms with Gasteiger partial charge in [0.2, 0.25) is 0 Å². The van der Waals surface area contributed by atoms with Gasteiger partial charge in [0, 0.05) is 18.4 Å². The van der Waals surface area contributed by atoms with E-state index in [2.05, 4.69) is 10.3 Å². The number of hydrogen-bond donors (Lipinski definition) is 1. The van der Waals surface area contributed by atoms with Crippen molar-refractivity contribution in [3.63, 3.8) is 0 Å². The summed E-state index contributed by atoms with van der Waals surface area (Å²) in [6, 6.07) is 0.810. The van der Waals surface area contributed by atoms with Gasteiger partial charge in [-0.1, -0.05) is 6.92 Å². The molecule has 1 aromatic rings. The first-order chi connectivity index (χ1) is 10.0. The summed E-state index contributed by atoms with van der Waals surface area (Å²) in [6.07, 6.45) is 1.19. The molecule has 0 aliphatic carbocycles. The van der Waals surface area contributed by atoms with Gasteiger partial charge in [-0.15, -0.1) is 0 Å². The summed E-state index contributed by atoms with van der Waals surface area (Å²) < 4.78 is 39.5. The molecule has 1 aliphatic heterocycles. The van der Waals surface area contributed by atoms with E-state index < -0.39 is 11.7 Å². The quantitative estimate of drug-likeness (QED) is 0.877. The van der Waals surface area contributed by atoms with Crippen LogP contribution in [0.3, 0.4) is 0 Å². The van der Waals surface area contributed by atoms with E-state index in [1.165, 1.54) is 12.4 Å². The molecule has 1 unspecified atom stereocenters. The molecule has 1 N–H and O–H groups in total. The standard InChI is InChI=1S/C15H21F3N2S/c1-2-20-14(9-11-4-7-21-8-5-11)12-10-19-6-3-13(12)15(16,17)18/h3,6,10-11,14,20H,2,4-5,7-9H2,1H3. The summed E-state index contributed by atoms with van der Waals surface area (Å²) in [4.78, 5) is 3.91. The number of aromatic nitrogens is 1. The third kappa shape index (κ3) is 4.61. The second kappa shape index (κ2) is 7.49. The lowest BCUT2D eigenvalue weighted by Crippen LogP contribution is -2.27. The molecule has 6 heteroatoms. The predicted molar refractivity (Wildman–Crippen MR) is 80.3 cm³/mol. The molecule has 0 radical (unpaired) electrons. The molecule has 1 fully saturated rings. The highest BCUT2D eigenvalue weighted by Gasteiger charge is 2.35. The highest BCUT2D eigenvalue weighted by molar-refractivity contribution is 7.99. The Morgan fingerprint density at radius 3 is 2.71 bits per heavy atom. The molecule has 1 aliphatic rings. The fourth-order valence-electron chi connectivity index (χ4n) is 2.82. The van der Waals surface area contributed by atoms with Crippen molar-refractivity contribution in [1.29, 1.82) is 0 Å². The van der Waals surface area contributed by atoms with Crippen LogP contribution in [0, 0.1) is 5.92 Å². The first kappa shape index (κ1) is 16.6. The third-order valence-corrected chi connectivity index (χ3v) is 4.94. The molecule has 0 spiro atoms. The topological polar surface area (TPSA) is 24.9 Å². The van der Waals surface area contributed by atoms with Crippen molar-refractivity contribution < 1.29 is 13.2 Å². The molecule has 0 saturated carbocycles. The molecule has 0 aromatic carbocycles. The smallest absolute Gasteiger partial charge is 0.310 e. The van der Waals surface area contributed by atoms with Gasteiger partial charge in [-0.2, -0.15) is 24.9 Å². The zero-order chi connectivity index (χ0) is 15.3. The molecular weight excluding hydrogens is 297 g/mol. The predicted octanol–water partition coefficient (Wildman–Crippen LogP) is 4.28. The number of thioether (sulfide) groups is 1. The lowest BCUT2D eigenvalue weighted by atomic mass is 9.89. The largest absolute Gasteiger partial charge is 0.416 e. The summed E-state index contributed by atoms with van der Waals surface area (Å²) in [5.74, 6) is 2.72. The van der Waals surface area contributed by atoms with Crippen molar-refractivity contribution in [2.75, 3.05) is 18.1 Å². The second-order valence-electron chi connectivity index (χ2n) is 5.36. The number of halogens is 3. The fourth-order valence-corrected chi connectivity index (χ4v) is 4.03. The van der Waals surface area contributed by atoms with Crippen molar-refractivity contribution in [3.05, 3.63) is 29.6 Å². The molecule has 2 heterocycles. The lowest BCUT2D eigenvalue weighted by Gasteiger charge is -2.28. The molecule has 0 bridgehead atoms. The molecule has 0 amide bonds. The molecular formula is C15H21F3N2S. The van der Waals surface area contributed by atoms with Crippen LogP contribution in [-0.4, -0.2) is 23.0 Å². The van der Waals surface area contributed by atoms with Crippen molar-refractivity contribution in [3.8, 4) is 0 Å². The maximum absolute atomic E-state index is 13.2. The summed E-state index contributed by atoms with van der Waals surface area (Å²) in [5, 5.41) is 3.21. The van der Waals surface area contributed by atoms with Crippen LogP contribution < -0.4 is 5.32 Å². The SMILES string of the molecule is CCNC(CC1CCSCC1)c1cnccc1C(F)(F)F. The van der Waals surface area contributed by atoms with Crippen LogP contribution in [0.2, 0.25) is 0 Å². The van der Waals surface area contributed by atoms with Crippen LogP contribution in [0.25, 0.3) is 0 Å². The van der Waals surface area contributed by atoms with Gasteiger partial charge >= 0.3 is 6.18 Å². The Kier molecular flexibility index (Phi) is 5.93. The Balaban J connectivity index is 2.21. The van der Waals surface area contributed by atoms with E-state index in [0.29, 0.717) is 12.5 Å². The maximum atomic E-state index is 13.2. The van der Waals surface area contributed by atoms with Crippen LogP contribution in [0.5, 0.6) is 0 Å². The van der Waals surface area contributed by atoms with Crippen molar-refractivity contribution in [2.45, 2.75) is 38.4 Å². The molecule has 2 rings (SSSR count). The Bertz CT molecular complexity index is 445. The molecule has 1 aromatic heterocycles. The minimum Gasteiger partial charge on any atom is -0.310 e. The third-order valence-electron chi connectivity index (χ3n) is 3.89. The maximum Gasteiger partial charge on any atom is 0.416 e. The molecule has 118 valence electrons. The van der Waals surface area contributed by atoms with Crippen LogP contribution in [-0.2, 0) is 6.18 Å². The zero-order valence-corrected chi connectivity index (χ0v) is 12.9. The van der Waals surface area contributed by atoms with Crippen LogP contribution in [0.4, 0.5) is 13.2 Å². The summed E-state index contributed by atoms with van der Waals surface area (Å²) >= 11 is 1.93. The van der Waals surface area contributed by atoms with Gasteiger partial charge in [-0.3, -0.25) is 4.98 Å². The first-order valence-corrected chi connectivity index (χ1v) is 8.50. The van der Waals surface area contributed by atoms with Gasteiger partial charge in [0.05, 0.1) is 5.56 Å². The van der Waals surface area contributed by atoms with Crippen molar-refractivity contribution in [1.82, 2.24) is 10.3 Å². The number of rotatable bonds is 5. The summed E-state index contributed by atoms with van der Waals surface area (Å²) in [7, 11) is 0. The Labute approximate surface area is 127 Å². The normalized spacial score (nSPS) is 18.7. The van der Waals surface area contributed by atoms with Gasteiger partial charge in [0.1, 0.15) is 0 Å². The van der Waals surface area contributed by atoms with E-state index in [-0.39, 0.29) is 11.6 Å². The monoisotopic (exact) mass is 318 g/mol. The minimum atomic E-state index is -4.33. The molecule has 1 atom stereocenters. The van der Waals surface area contributed by atoms with Crippen LogP contribution in [0.15, 0.2) is 18.5 Å². The number of nitrogens with zero attached hydrogens (tertiary/aromatic N) is 1.